The maximum Gasteiger partial charge on any atom is 0.254 e. The molecule has 29 heavy (non-hydrogen) atoms. The number of likely N-dealkylation sites (tertiary alicyclic amines) is 2. The van der Waals surface area contributed by atoms with Crippen molar-refractivity contribution in [1.29, 1.82) is 0 Å². The normalized spacial score (nSPS) is 21.8. The molecule has 152 valence electrons. The van der Waals surface area contributed by atoms with Crippen LogP contribution in [0.1, 0.15) is 41.1 Å². The topological polar surface area (TPSA) is 49.9 Å². The smallest absolute Gasteiger partial charge is 0.254 e. The summed E-state index contributed by atoms with van der Waals surface area (Å²) in [5.74, 6) is 0.652. The van der Waals surface area contributed by atoms with Crippen molar-refractivity contribution in [3.63, 3.8) is 0 Å². The Morgan fingerprint density at radius 3 is 2.38 bits per heavy atom. The van der Waals surface area contributed by atoms with Crippen LogP contribution in [0.2, 0.25) is 0 Å². The Morgan fingerprint density at radius 2 is 1.66 bits per heavy atom. The molecule has 0 N–H and O–H groups in total. The molecule has 2 aliphatic rings. The van der Waals surface area contributed by atoms with Crippen LogP contribution in [0.15, 0.2) is 54.6 Å². The van der Waals surface area contributed by atoms with E-state index in [9.17, 15) is 9.59 Å². The van der Waals surface area contributed by atoms with Crippen LogP contribution >= 0.6 is 0 Å². The number of amides is 2. The lowest BCUT2D eigenvalue weighted by Gasteiger charge is -2.30. The number of nitrogens with zero attached hydrogens (tertiary/aromatic N) is 2. The number of benzene rings is 2. The quantitative estimate of drug-likeness (QED) is 0.799. The Balaban J connectivity index is 1.59. The highest BCUT2D eigenvalue weighted by Gasteiger charge is 2.42. The van der Waals surface area contributed by atoms with Crippen molar-refractivity contribution < 1.29 is 14.3 Å². The van der Waals surface area contributed by atoms with Crippen LogP contribution in [0, 0.1) is 5.92 Å². The van der Waals surface area contributed by atoms with Gasteiger partial charge in [-0.25, -0.2) is 0 Å². The Morgan fingerprint density at radius 1 is 0.897 bits per heavy atom. The molecule has 0 unspecified atom stereocenters. The Kier molecular flexibility index (Phi) is 5.84. The van der Waals surface area contributed by atoms with Gasteiger partial charge in [-0.1, -0.05) is 36.4 Å². The molecule has 5 nitrogen and oxygen atoms in total. The van der Waals surface area contributed by atoms with Gasteiger partial charge in [0.1, 0.15) is 5.75 Å². The second-order valence-corrected chi connectivity index (χ2v) is 7.95. The van der Waals surface area contributed by atoms with Crippen molar-refractivity contribution in [2.75, 3.05) is 33.3 Å². The summed E-state index contributed by atoms with van der Waals surface area (Å²) in [6.45, 7) is 2.69. The molecule has 0 spiro atoms. The minimum Gasteiger partial charge on any atom is -0.497 e. The molecule has 0 bridgehead atoms. The summed E-state index contributed by atoms with van der Waals surface area (Å²) >= 11 is 0. The second kappa shape index (κ2) is 8.68. The fraction of sp³-hybridized carbons (Fsp3) is 0.417. The lowest BCUT2D eigenvalue weighted by atomic mass is 9.87. The van der Waals surface area contributed by atoms with E-state index in [0.29, 0.717) is 24.4 Å². The van der Waals surface area contributed by atoms with Crippen molar-refractivity contribution in [3.05, 3.63) is 65.7 Å². The first-order valence-corrected chi connectivity index (χ1v) is 10.4. The van der Waals surface area contributed by atoms with Crippen LogP contribution in [0.4, 0.5) is 0 Å². The van der Waals surface area contributed by atoms with Crippen molar-refractivity contribution in [3.8, 4) is 5.75 Å². The number of ether oxygens (including phenoxy) is 1. The van der Waals surface area contributed by atoms with Gasteiger partial charge in [0, 0.05) is 37.7 Å². The average molecular weight is 392 g/mol. The number of piperidine rings is 1. The van der Waals surface area contributed by atoms with Gasteiger partial charge in [0.15, 0.2) is 0 Å². The van der Waals surface area contributed by atoms with Gasteiger partial charge < -0.3 is 14.5 Å². The van der Waals surface area contributed by atoms with Gasteiger partial charge in [0.25, 0.3) is 5.91 Å². The maximum absolute atomic E-state index is 13.4. The van der Waals surface area contributed by atoms with E-state index >= 15 is 0 Å². The molecule has 2 saturated heterocycles. The Hall–Kier alpha value is -2.82. The SMILES string of the molecule is COc1cccc(C(=O)N2C[C@H](C(=O)N3CCCCC3)[C@@H](c3ccccc3)C2)c1. The third kappa shape index (κ3) is 4.14. The predicted octanol–water partition coefficient (Wildman–Crippen LogP) is 3.56. The Labute approximate surface area is 172 Å². The number of carbonyl (C=O) groups is 2. The van der Waals surface area contributed by atoms with Gasteiger partial charge in [0.2, 0.25) is 5.91 Å². The van der Waals surface area contributed by atoms with E-state index in [4.69, 9.17) is 4.74 Å². The van der Waals surface area contributed by atoms with Crippen LogP contribution in [-0.2, 0) is 4.79 Å². The monoisotopic (exact) mass is 392 g/mol. The van der Waals surface area contributed by atoms with Gasteiger partial charge in [-0.2, -0.15) is 0 Å². The minimum absolute atomic E-state index is 0.0279. The molecule has 2 aromatic carbocycles. The van der Waals surface area contributed by atoms with Crippen LogP contribution in [0.3, 0.4) is 0 Å². The highest BCUT2D eigenvalue weighted by molar-refractivity contribution is 5.95. The maximum atomic E-state index is 13.4. The molecule has 2 atom stereocenters. The van der Waals surface area contributed by atoms with Crippen LogP contribution in [0.5, 0.6) is 5.75 Å². The zero-order valence-corrected chi connectivity index (χ0v) is 16.9. The lowest BCUT2D eigenvalue weighted by molar-refractivity contribution is -0.136. The average Bonchev–Trinajstić information content (AvgIpc) is 3.24. The fourth-order valence-corrected chi connectivity index (χ4v) is 4.55. The van der Waals surface area contributed by atoms with Crippen molar-refractivity contribution in [2.45, 2.75) is 25.2 Å². The number of rotatable bonds is 4. The van der Waals surface area contributed by atoms with Crippen molar-refractivity contribution in [1.82, 2.24) is 9.80 Å². The van der Waals surface area contributed by atoms with E-state index in [-0.39, 0.29) is 23.7 Å². The van der Waals surface area contributed by atoms with E-state index in [1.54, 1.807) is 13.2 Å². The van der Waals surface area contributed by atoms with Gasteiger partial charge in [-0.3, -0.25) is 9.59 Å². The van der Waals surface area contributed by atoms with E-state index in [2.05, 4.69) is 12.1 Å². The molecule has 2 aromatic rings. The standard InChI is InChI=1S/C24H28N2O3/c1-29-20-12-8-11-19(15-20)23(27)26-16-21(18-9-4-2-5-10-18)22(17-26)24(28)25-13-6-3-7-14-25/h2,4-5,8-12,15,21-22H,3,6-7,13-14,16-17H2,1H3/t21-,22+/m1/s1. The molecular formula is C24H28N2O3. The summed E-state index contributed by atoms with van der Waals surface area (Å²) in [5.41, 5.74) is 1.73. The molecule has 2 heterocycles. The summed E-state index contributed by atoms with van der Waals surface area (Å²) in [6.07, 6.45) is 3.33. The summed E-state index contributed by atoms with van der Waals surface area (Å²) in [7, 11) is 1.60. The summed E-state index contributed by atoms with van der Waals surface area (Å²) < 4.78 is 5.27. The largest absolute Gasteiger partial charge is 0.497 e. The summed E-state index contributed by atoms with van der Waals surface area (Å²) in [4.78, 5) is 30.4. The van der Waals surface area contributed by atoms with Gasteiger partial charge in [0.05, 0.1) is 13.0 Å². The minimum atomic E-state index is -0.190. The van der Waals surface area contributed by atoms with Gasteiger partial charge in [-0.15, -0.1) is 0 Å². The highest BCUT2D eigenvalue weighted by Crippen LogP contribution is 2.35. The highest BCUT2D eigenvalue weighted by atomic mass is 16.5. The molecule has 2 fully saturated rings. The molecule has 0 saturated carbocycles. The molecule has 0 aromatic heterocycles. The third-order valence-corrected chi connectivity index (χ3v) is 6.14. The van der Waals surface area contributed by atoms with Crippen molar-refractivity contribution in [2.24, 2.45) is 5.92 Å². The van der Waals surface area contributed by atoms with Gasteiger partial charge in [-0.05, 0) is 43.0 Å². The Bertz CT molecular complexity index is 861. The number of carbonyl (C=O) groups excluding carboxylic acids is 2. The van der Waals surface area contributed by atoms with Crippen LogP contribution in [0.25, 0.3) is 0 Å². The molecule has 2 amide bonds. The van der Waals surface area contributed by atoms with Gasteiger partial charge >= 0.3 is 0 Å². The fourth-order valence-electron chi connectivity index (χ4n) is 4.55. The number of methoxy groups -OCH3 is 1. The molecule has 4 rings (SSSR count). The first-order chi connectivity index (χ1) is 14.2. The third-order valence-electron chi connectivity index (χ3n) is 6.14. The van der Waals surface area contributed by atoms with Crippen LogP contribution < -0.4 is 4.74 Å². The molecule has 0 radical (unpaired) electrons. The first kappa shape index (κ1) is 19.5. The molecule has 0 aliphatic carbocycles. The number of hydrogen-bond acceptors (Lipinski definition) is 3. The van der Waals surface area contributed by atoms with E-state index < -0.39 is 0 Å². The van der Waals surface area contributed by atoms with E-state index in [1.807, 2.05) is 46.2 Å². The predicted molar refractivity (Wildman–Crippen MR) is 112 cm³/mol. The summed E-state index contributed by atoms with van der Waals surface area (Å²) in [6, 6.07) is 17.4. The molecule has 2 aliphatic heterocycles. The second-order valence-electron chi connectivity index (χ2n) is 7.95. The van der Waals surface area contributed by atoms with E-state index in [0.717, 1.165) is 31.5 Å². The van der Waals surface area contributed by atoms with Crippen LogP contribution in [-0.4, -0.2) is 54.9 Å². The lowest BCUT2D eigenvalue weighted by Crippen LogP contribution is -2.42. The molecule has 5 heteroatoms. The zero-order valence-electron chi connectivity index (χ0n) is 16.9. The zero-order chi connectivity index (χ0) is 20.2. The first-order valence-electron chi connectivity index (χ1n) is 10.4. The van der Waals surface area contributed by atoms with Crippen molar-refractivity contribution >= 4 is 11.8 Å². The number of hydrogen-bond donors (Lipinski definition) is 0. The van der Waals surface area contributed by atoms with E-state index in [1.165, 1.54) is 6.42 Å². The molecular weight excluding hydrogens is 364 g/mol. The summed E-state index contributed by atoms with van der Waals surface area (Å²) in [5, 5.41) is 0.